The van der Waals surface area contributed by atoms with E-state index in [2.05, 4.69) is 0 Å². The Morgan fingerprint density at radius 2 is 1.47 bits per heavy atom. The molecule has 0 unspecified atom stereocenters. The Hall–Kier alpha value is -2.51. The molecule has 0 N–H and O–H groups in total. The highest BCUT2D eigenvalue weighted by Gasteiger charge is 2.27. The maximum atomic E-state index is 12.6. The van der Waals surface area contributed by atoms with Gasteiger partial charge in [-0.1, -0.05) is 12.1 Å². The van der Waals surface area contributed by atoms with Gasteiger partial charge in [-0.05, 0) is 80.0 Å². The summed E-state index contributed by atoms with van der Waals surface area (Å²) in [5.74, 6) is -0.892. The van der Waals surface area contributed by atoms with E-state index in [1.54, 1.807) is 6.07 Å². The fourth-order valence-electron chi connectivity index (χ4n) is 4.05. The molecule has 6 nitrogen and oxygen atoms in total. The van der Waals surface area contributed by atoms with Gasteiger partial charge in [-0.3, -0.25) is 4.79 Å². The summed E-state index contributed by atoms with van der Waals surface area (Å²) in [6.07, 6.45) is 6.05. The summed E-state index contributed by atoms with van der Waals surface area (Å²) in [6.45, 7) is 0.708. The second kappa shape index (κ2) is 8.70. The minimum absolute atomic E-state index is 0.158. The number of carbonyl (C=O) groups excluding carboxylic acids is 2. The first-order valence-electron chi connectivity index (χ1n) is 10.4. The van der Waals surface area contributed by atoms with Gasteiger partial charge >= 0.3 is 5.97 Å². The van der Waals surface area contributed by atoms with Crippen LogP contribution in [0.2, 0.25) is 0 Å². The summed E-state index contributed by atoms with van der Waals surface area (Å²) in [6, 6.07) is 11.4. The second-order valence-electron chi connectivity index (χ2n) is 7.83. The van der Waals surface area contributed by atoms with E-state index in [0.717, 1.165) is 32.1 Å². The molecular weight excluding hydrogens is 402 g/mol. The number of nitrogens with zero attached hydrogens (tertiary/aromatic N) is 1. The van der Waals surface area contributed by atoms with E-state index in [1.165, 1.54) is 46.1 Å². The van der Waals surface area contributed by atoms with Crippen LogP contribution >= 0.6 is 0 Å². The van der Waals surface area contributed by atoms with Crippen LogP contribution in [0.25, 0.3) is 0 Å². The third-order valence-corrected chi connectivity index (χ3v) is 7.71. The lowest BCUT2D eigenvalue weighted by Gasteiger charge is -2.16. The number of aryl methyl sites for hydroxylation is 2. The third-order valence-electron chi connectivity index (χ3n) is 5.80. The lowest BCUT2D eigenvalue weighted by atomic mass is 9.90. The average molecular weight is 428 g/mol. The van der Waals surface area contributed by atoms with E-state index in [9.17, 15) is 18.0 Å². The van der Waals surface area contributed by atoms with E-state index >= 15 is 0 Å². The average Bonchev–Trinajstić information content (AvgIpc) is 3.33. The lowest BCUT2D eigenvalue weighted by molar-refractivity contribution is 0.0474. The monoisotopic (exact) mass is 427 g/mol. The van der Waals surface area contributed by atoms with Crippen LogP contribution in [0.4, 0.5) is 0 Å². The highest BCUT2D eigenvalue weighted by atomic mass is 32.2. The van der Waals surface area contributed by atoms with Gasteiger partial charge in [0.25, 0.3) is 0 Å². The van der Waals surface area contributed by atoms with Crippen molar-refractivity contribution in [2.45, 2.75) is 43.4 Å². The van der Waals surface area contributed by atoms with E-state index in [-0.39, 0.29) is 22.8 Å². The molecule has 30 heavy (non-hydrogen) atoms. The number of rotatable bonds is 6. The van der Waals surface area contributed by atoms with Crippen molar-refractivity contribution in [3.63, 3.8) is 0 Å². The number of ketones is 1. The highest BCUT2D eigenvalue weighted by Crippen LogP contribution is 2.23. The first-order valence-corrected chi connectivity index (χ1v) is 11.8. The Labute approximate surface area is 176 Å². The van der Waals surface area contributed by atoms with Crippen molar-refractivity contribution in [2.24, 2.45) is 0 Å². The highest BCUT2D eigenvalue weighted by molar-refractivity contribution is 7.89. The molecule has 0 bridgehead atoms. The molecule has 1 aliphatic carbocycles. The number of benzene rings is 2. The van der Waals surface area contributed by atoms with Crippen LogP contribution in [0.15, 0.2) is 47.4 Å². The molecule has 0 radical (unpaired) electrons. The van der Waals surface area contributed by atoms with Crippen LogP contribution < -0.4 is 0 Å². The van der Waals surface area contributed by atoms with Crippen molar-refractivity contribution >= 4 is 21.8 Å². The topological polar surface area (TPSA) is 80.8 Å². The fourth-order valence-corrected chi connectivity index (χ4v) is 5.56. The zero-order chi connectivity index (χ0) is 21.1. The van der Waals surface area contributed by atoms with Gasteiger partial charge in [0.2, 0.25) is 10.0 Å². The van der Waals surface area contributed by atoms with E-state index in [1.807, 2.05) is 12.1 Å². The number of hydrogen-bond donors (Lipinski definition) is 0. The van der Waals surface area contributed by atoms with Gasteiger partial charge in [-0.2, -0.15) is 4.31 Å². The molecule has 1 fully saturated rings. The Kier molecular flexibility index (Phi) is 6.01. The SMILES string of the molecule is O=C(COC(=O)c1ccc(S(=O)(=O)N2CCCC2)cc1)c1ccc2c(c1)CCCC2. The quantitative estimate of drug-likeness (QED) is 0.521. The number of fused-ring (bicyclic) bond motifs is 1. The van der Waals surface area contributed by atoms with Gasteiger partial charge in [0, 0.05) is 18.7 Å². The van der Waals surface area contributed by atoms with Gasteiger partial charge < -0.3 is 4.74 Å². The second-order valence-corrected chi connectivity index (χ2v) is 9.76. The lowest BCUT2D eigenvalue weighted by Crippen LogP contribution is -2.27. The molecule has 0 amide bonds. The van der Waals surface area contributed by atoms with Crippen LogP contribution in [0.1, 0.15) is 57.5 Å². The Balaban J connectivity index is 1.37. The summed E-state index contributed by atoms with van der Waals surface area (Å²) >= 11 is 0. The van der Waals surface area contributed by atoms with Gasteiger partial charge in [0.1, 0.15) is 0 Å². The zero-order valence-corrected chi connectivity index (χ0v) is 17.6. The maximum Gasteiger partial charge on any atom is 0.338 e. The number of hydrogen-bond acceptors (Lipinski definition) is 5. The van der Waals surface area contributed by atoms with Crippen molar-refractivity contribution in [2.75, 3.05) is 19.7 Å². The number of sulfonamides is 1. The maximum absolute atomic E-state index is 12.6. The molecule has 1 heterocycles. The Morgan fingerprint density at radius 3 is 2.17 bits per heavy atom. The zero-order valence-electron chi connectivity index (χ0n) is 16.8. The molecule has 2 aliphatic rings. The smallest absolute Gasteiger partial charge is 0.338 e. The first kappa shape index (κ1) is 20.8. The molecule has 2 aromatic carbocycles. The molecule has 0 atom stereocenters. The van der Waals surface area contributed by atoms with Crippen molar-refractivity contribution in [1.82, 2.24) is 4.31 Å². The molecule has 2 aromatic rings. The fraction of sp³-hybridized carbons (Fsp3) is 0.391. The summed E-state index contributed by atoms with van der Waals surface area (Å²) in [5, 5.41) is 0. The van der Waals surface area contributed by atoms with Gasteiger partial charge in [0.05, 0.1) is 10.5 Å². The largest absolute Gasteiger partial charge is 0.454 e. The minimum Gasteiger partial charge on any atom is -0.454 e. The van der Waals surface area contributed by atoms with Crippen LogP contribution in [-0.4, -0.2) is 44.2 Å². The van der Waals surface area contributed by atoms with Gasteiger partial charge in [0.15, 0.2) is 12.4 Å². The van der Waals surface area contributed by atoms with Crippen LogP contribution in [-0.2, 0) is 27.6 Å². The summed E-state index contributed by atoms with van der Waals surface area (Å²) in [4.78, 5) is 24.9. The van der Waals surface area contributed by atoms with Crippen LogP contribution in [0.3, 0.4) is 0 Å². The molecule has 7 heteroatoms. The van der Waals surface area contributed by atoms with Crippen LogP contribution in [0, 0.1) is 0 Å². The molecule has 0 saturated carbocycles. The molecular formula is C23H25NO5S. The summed E-state index contributed by atoms with van der Waals surface area (Å²) < 4.78 is 31.7. The standard InChI is InChI=1S/C23H25NO5S/c25-22(20-8-7-17-5-1-2-6-19(17)15-20)16-29-23(26)18-9-11-21(12-10-18)30(27,28)24-13-3-4-14-24/h7-12,15H,1-6,13-14,16H2. The van der Waals surface area contributed by atoms with Crippen LogP contribution in [0.5, 0.6) is 0 Å². The normalized spacial score (nSPS) is 16.8. The Morgan fingerprint density at radius 1 is 0.833 bits per heavy atom. The predicted molar refractivity (Wildman–Crippen MR) is 112 cm³/mol. The van der Waals surface area contributed by atoms with Crippen molar-refractivity contribution in [3.05, 3.63) is 64.7 Å². The van der Waals surface area contributed by atoms with Crippen molar-refractivity contribution < 1.29 is 22.7 Å². The van der Waals surface area contributed by atoms with Gasteiger partial charge in [-0.25, -0.2) is 13.2 Å². The third kappa shape index (κ3) is 4.32. The first-order chi connectivity index (χ1) is 14.4. The number of carbonyl (C=O) groups is 2. The van der Waals surface area contributed by atoms with Crippen molar-refractivity contribution in [1.29, 1.82) is 0 Å². The number of Topliss-reactive ketones (excluding diaryl/α,β-unsaturated/α-hetero) is 1. The van der Waals surface area contributed by atoms with E-state index < -0.39 is 16.0 Å². The Bertz CT molecular complexity index is 1050. The van der Waals surface area contributed by atoms with Crippen molar-refractivity contribution in [3.8, 4) is 0 Å². The van der Waals surface area contributed by atoms with E-state index in [0.29, 0.717) is 18.7 Å². The molecule has 4 rings (SSSR count). The van der Waals surface area contributed by atoms with E-state index in [4.69, 9.17) is 4.74 Å². The minimum atomic E-state index is -3.52. The molecule has 0 spiro atoms. The molecule has 1 saturated heterocycles. The number of ether oxygens (including phenoxy) is 1. The number of esters is 1. The summed E-state index contributed by atoms with van der Waals surface area (Å²) in [5.41, 5.74) is 3.26. The summed E-state index contributed by atoms with van der Waals surface area (Å²) in [7, 11) is -3.52. The molecule has 1 aliphatic heterocycles. The molecule has 158 valence electrons. The molecule has 0 aromatic heterocycles. The predicted octanol–water partition coefficient (Wildman–Crippen LogP) is 3.39. The van der Waals surface area contributed by atoms with Gasteiger partial charge in [-0.15, -0.1) is 0 Å².